The Labute approximate surface area is 385 Å². The normalized spacial score (nSPS) is 33.3. The number of aromatic nitrogens is 6. The lowest BCUT2D eigenvalue weighted by Crippen LogP contribution is -2.66. The van der Waals surface area contributed by atoms with E-state index >= 15 is 0 Å². The molecule has 0 spiro atoms. The summed E-state index contributed by atoms with van der Waals surface area (Å²) in [5, 5.41) is 52.0. The number of fused-ring (bicyclic) bond motifs is 7. The fourth-order valence-corrected chi connectivity index (χ4v) is 14.2. The van der Waals surface area contributed by atoms with Crippen LogP contribution in [-0.4, -0.2) is 63.6 Å². The maximum Gasteiger partial charge on any atom is 0.313 e. The number of hydrogen-bond acceptors (Lipinski definition) is 12. The minimum atomic E-state index is -0.637. The highest BCUT2D eigenvalue weighted by molar-refractivity contribution is 5.79. The summed E-state index contributed by atoms with van der Waals surface area (Å²) in [6.07, 6.45) is 14.3. The average Bonchev–Trinajstić information content (AvgIpc) is 3.93. The number of aliphatic hydroxyl groups excluding tert-OH is 1. The van der Waals surface area contributed by atoms with Gasteiger partial charge in [0.2, 0.25) is 0 Å². The molecular formula is C50H64N8O8. The van der Waals surface area contributed by atoms with E-state index in [9.17, 15) is 30.1 Å². The van der Waals surface area contributed by atoms with E-state index in [1.54, 1.807) is 58.2 Å². The molecule has 16 nitrogen and oxygen atoms in total. The molecule has 2 aromatic carbocycles. The number of ether oxygens (including phenoxy) is 2. The van der Waals surface area contributed by atoms with Gasteiger partial charge in [-0.05, 0) is 104 Å². The summed E-state index contributed by atoms with van der Waals surface area (Å²) in [7, 11) is 0. The molecule has 1 N–H and O–H groups in total. The monoisotopic (exact) mass is 904 g/mol. The molecule has 352 valence electrons. The second kappa shape index (κ2) is 16.8. The molecule has 5 aliphatic rings. The predicted molar refractivity (Wildman–Crippen MR) is 243 cm³/mol. The van der Waals surface area contributed by atoms with E-state index in [-0.39, 0.29) is 82.1 Å². The molecule has 9 rings (SSSR count). The number of esters is 1. The largest absolute Gasteiger partial charge is 0.459 e. The van der Waals surface area contributed by atoms with Crippen LogP contribution in [0.2, 0.25) is 0 Å². The highest BCUT2D eigenvalue weighted by Crippen LogP contribution is 2.76. The molecule has 0 bridgehead atoms. The quantitative estimate of drug-likeness (QED) is 0.0577. The first-order valence-corrected chi connectivity index (χ1v) is 23.7. The van der Waals surface area contributed by atoms with Crippen LogP contribution in [0.4, 0.5) is 11.4 Å². The number of para-hydroxylation sites is 2. The van der Waals surface area contributed by atoms with E-state index in [1.807, 2.05) is 0 Å². The van der Waals surface area contributed by atoms with Crippen LogP contribution in [0.5, 0.6) is 0 Å². The summed E-state index contributed by atoms with van der Waals surface area (Å²) in [5.41, 5.74) is 2.44. The number of hydrogen-bond donors (Lipinski definition) is 1. The zero-order valence-corrected chi connectivity index (χ0v) is 39.1. The van der Waals surface area contributed by atoms with Crippen molar-refractivity contribution in [2.45, 2.75) is 138 Å². The molecule has 16 heteroatoms. The third-order valence-corrected chi connectivity index (χ3v) is 18.1. The topological polar surface area (TPSA) is 203 Å². The van der Waals surface area contributed by atoms with E-state index in [1.165, 1.54) is 17.7 Å². The standard InChI is InChI=1S/C50H64N8O8/c1-45(2)21-23-50(44(60)66-31-36-29-56(54-52-36)27-34-12-8-10-14-40(34)58(63)64)24-22-48(5)37(38(50)25-45)15-16-42-46(3)19-18-43(59)47(4,41(46)17-20-49(42,48)6)32-65-30-35-28-55(53-51-35)26-33-11-7-9-13-39(33)57(61)62/h7-15,28-29,38,41-43,59H,16-27,30-32H2,1-6H3/t38-,41+,42+,43-,46-,47-,48+,49+,50-/m0/s1. The Balaban J connectivity index is 0.906. The second-order valence-electron chi connectivity index (χ2n) is 22.1. The highest BCUT2D eigenvalue weighted by atomic mass is 16.6. The zero-order valence-electron chi connectivity index (χ0n) is 39.1. The van der Waals surface area contributed by atoms with Gasteiger partial charge >= 0.3 is 5.97 Å². The minimum absolute atomic E-state index is 0.0150. The van der Waals surface area contributed by atoms with E-state index in [0.717, 1.165) is 57.8 Å². The van der Waals surface area contributed by atoms with Crippen molar-refractivity contribution in [1.82, 2.24) is 30.0 Å². The Bertz CT molecular complexity index is 2550. The second-order valence-corrected chi connectivity index (χ2v) is 22.1. The molecule has 0 unspecified atom stereocenters. The summed E-state index contributed by atoms with van der Waals surface area (Å²) >= 11 is 0. The smallest absolute Gasteiger partial charge is 0.313 e. The Hall–Kier alpha value is -5.35. The molecule has 0 amide bonds. The van der Waals surface area contributed by atoms with Crippen molar-refractivity contribution in [2.75, 3.05) is 6.61 Å². The Morgan fingerprint density at radius 1 is 0.773 bits per heavy atom. The molecule has 9 atom stereocenters. The van der Waals surface area contributed by atoms with Crippen molar-refractivity contribution >= 4 is 17.3 Å². The van der Waals surface area contributed by atoms with Crippen LogP contribution in [0.3, 0.4) is 0 Å². The molecule has 66 heavy (non-hydrogen) atoms. The first-order valence-electron chi connectivity index (χ1n) is 23.7. The number of benzene rings is 2. The summed E-state index contributed by atoms with van der Waals surface area (Å²) in [5.74, 6) is 0.494. The maximum absolute atomic E-state index is 14.7. The van der Waals surface area contributed by atoms with Crippen LogP contribution in [0.25, 0.3) is 0 Å². The molecule has 4 fully saturated rings. The van der Waals surface area contributed by atoms with E-state index < -0.39 is 21.9 Å². The van der Waals surface area contributed by atoms with Gasteiger partial charge in [-0.15, -0.1) is 10.2 Å². The first-order chi connectivity index (χ1) is 31.3. The third kappa shape index (κ3) is 7.65. The van der Waals surface area contributed by atoms with Gasteiger partial charge in [-0.3, -0.25) is 25.0 Å². The molecule has 4 aromatic rings. The van der Waals surface area contributed by atoms with Crippen LogP contribution >= 0.6 is 0 Å². The van der Waals surface area contributed by atoms with E-state index in [0.29, 0.717) is 41.5 Å². The van der Waals surface area contributed by atoms with Gasteiger partial charge < -0.3 is 14.6 Å². The lowest BCUT2D eigenvalue weighted by atomic mass is 9.33. The highest BCUT2D eigenvalue weighted by Gasteiger charge is 2.70. The van der Waals surface area contributed by atoms with Crippen molar-refractivity contribution in [2.24, 2.45) is 50.2 Å². The van der Waals surface area contributed by atoms with Crippen molar-refractivity contribution in [3.63, 3.8) is 0 Å². The Morgan fingerprint density at radius 2 is 1.36 bits per heavy atom. The van der Waals surface area contributed by atoms with Gasteiger partial charge in [0.05, 0.1) is 71.2 Å². The molecule has 0 radical (unpaired) electrons. The number of carbonyl (C=O) groups is 1. The summed E-state index contributed by atoms with van der Waals surface area (Å²) < 4.78 is 15.8. The van der Waals surface area contributed by atoms with Gasteiger partial charge in [-0.2, -0.15) is 0 Å². The predicted octanol–water partition coefficient (Wildman–Crippen LogP) is 9.19. The Kier molecular flexibility index (Phi) is 11.6. The molecule has 0 aliphatic heterocycles. The van der Waals surface area contributed by atoms with Crippen molar-refractivity contribution in [3.05, 3.63) is 115 Å². The summed E-state index contributed by atoms with van der Waals surface area (Å²) in [4.78, 5) is 37.1. The van der Waals surface area contributed by atoms with Gasteiger partial charge in [-0.25, -0.2) is 9.36 Å². The van der Waals surface area contributed by atoms with Gasteiger partial charge in [0.1, 0.15) is 18.0 Å². The van der Waals surface area contributed by atoms with Crippen LogP contribution in [0, 0.1) is 70.5 Å². The van der Waals surface area contributed by atoms with Gasteiger partial charge in [-0.1, -0.05) is 100 Å². The molecule has 5 aliphatic carbocycles. The number of nitro benzene ring substituents is 2. The first kappa shape index (κ1) is 45.8. The minimum Gasteiger partial charge on any atom is -0.459 e. The van der Waals surface area contributed by atoms with E-state index in [4.69, 9.17) is 9.47 Å². The van der Waals surface area contributed by atoms with Crippen molar-refractivity contribution in [1.29, 1.82) is 0 Å². The SMILES string of the molecule is CC1(C)CC[C@]2(C(=O)OCc3cn(Cc4ccccc4[N+](=O)[O-])nn3)CC[C@]3(C)C(=CC[C@@H]4[C@@]5(C)CC[C@H](O)[C@@](C)(COCc6cn(Cc7ccccc7[N+](=O)[O-])nn6)[C@@H]5CC[C@]43C)[C@@H]2C1. The van der Waals surface area contributed by atoms with Crippen LogP contribution in [0.15, 0.2) is 72.6 Å². The van der Waals surface area contributed by atoms with Gasteiger partial charge in [0.15, 0.2) is 0 Å². The number of aliphatic hydroxyl groups is 1. The van der Waals surface area contributed by atoms with Gasteiger partial charge in [0, 0.05) is 17.5 Å². The Morgan fingerprint density at radius 3 is 1.98 bits per heavy atom. The summed E-state index contributed by atoms with van der Waals surface area (Å²) in [6, 6.07) is 13.2. The van der Waals surface area contributed by atoms with Crippen molar-refractivity contribution < 1.29 is 29.2 Å². The molecule has 0 saturated heterocycles. The lowest BCUT2D eigenvalue weighted by molar-refractivity contribution is -0.385. The maximum atomic E-state index is 14.7. The lowest BCUT2D eigenvalue weighted by Gasteiger charge is -2.71. The molecule has 2 aromatic heterocycles. The van der Waals surface area contributed by atoms with Crippen LogP contribution in [-0.2, 0) is 40.6 Å². The fourth-order valence-electron chi connectivity index (χ4n) is 14.2. The van der Waals surface area contributed by atoms with Crippen LogP contribution in [0.1, 0.15) is 128 Å². The number of nitrogens with zero attached hydrogens (tertiary/aromatic N) is 8. The molecule has 2 heterocycles. The molecule has 4 saturated carbocycles. The molecular weight excluding hydrogens is 841 g/mol. The van der Waals surface area contributed by atoms with E-state index in [2.05, 4.69) is 68.2 Å². The average molecular weight is 905 g/mol. The van der Waals surface area contributed by atoms with Gasteiger partial charge in [0.25, 0.3) is 11.4 Å². The zero-order chi connectivity index (χ0) is 46.9. The van der Waals surface area contributed by atoms with Crippen LogP contribution < -0.4 is 0 Å². The number of rotatable bonds is 13. The number of nitro groups is 2. The summed E-state index contributed by atoms with van der Waals surface area (Å²) in [6.45, 7) is 15.4. The number of allylic oxidation sites excluding steroid dienone is 2. The van der Waals surface area contributed by atoms with Crippen molar-refractivity contribution in [3.8, 4) is 0 Å². The number of carbonyl (C=O) groups excluding carboxylic acids is 1. The fraction of sp³-hybridized carbons (Fsp3) is 0.620. The third-order valence-electron chi connectivity index (χ3n) is 18.1.